The Morgan fingerprint density at radius 3 is 2.19 bits per heavy atom. The summed E-state index contributed by atoms with van der Waals surface area (Å²) in [6, 6.07) is 20.4. The Bertz CT molecular complexity index is 2100. The van der Waals surface area contributed by atoms with Gasteiger partial charge in [0, 0.05) is 41.2 Å². The molecule has 0 spiro atoms. The smallest absolute Gasteiger partial charge is 0.326 e. The highest BCUT2D eigenvalue weighted by molar-refractivity contribution is 6.05. The molecule has 0 saturated carbocycles. The van der Waals surface area contributed by atoms with Gasteiger partial charge >= 0.3 is 5.97 Å². The van der Waals surface area contributed by atoms with Crippen LogP contribution in [0.2, 0.25) is 0 Å². The lowest BCUT2D eigenvalue weighted by Crippen LogP contribution is -2.40. The Hall–Kier alpha value is -5.62. The van der Waals surface area contributed by atoms with Crippen LogP contribution in [0, 0.1) is 6.92 Å². The maximum absolute atomic E-state index is 13.3. The highest BCUT2D eigenvalue weighted by Gasteiger charge is 2.23. The van der Waals surface area contributed by atoms with Gasteiger partial charge in [0.25, 0.3) is 11.8 Å². The van der Waals surface area contributed by atoms with Gasteiger partial charge in [0.1, 0.15) is 12.1 Å². The fourth-order valence-electron chi connectivity index (χ4n) is 5.89. The van der Waals surface area contributed by atoms with Crippen molar-refractivity contribution in [3.05, 3.63) is 95.3 Å². The average Bonchev–Trinajstić information content (AvgIpc) is 3.50. The number of amides is 2. The number of carbonyl (C=O) groups excluding carboxylic acids is 3. The number of hydrogen-bond acceptors (Lipinski definition) is 9. The number of esters is 1. The molecule has 5 aromatic rings. The standard InChI is InChI=1S/C40H45N7O5/c1-25-30(9-8-10-31(25)43-37(49)26-11-15-28(16-12-26)39(2,3)4)34-44-35(33-36(45-34)47(24-41-33)23-32(48)52-40(5,6)7)42-29-17-13-27(14-18-29)38(50)46-19-21-51-22-20-46/h8-18,24H,19-23H2,1-7H3,(H,43,49)(H,42,44,45). The monoisotopic (exact) mass is 703 g/mol. The number of nitrogens with one attached hydrogen (secondary N) is 2. The van der Waals surface area contributed by atoms with E-state index in [1.165, 1.54) is 6.33 Å². The van der Waals surface area contributed by atoms with Crippen LogP contribution in [0.25, 0.3) is 22.6 Å². The predicted octanol–water partition coefficient (Wildman–Crippen LogP) is 6.91. The number of hydrogen-bond donors (Lipinski definition) is 2. The molecule has 3 heterocycles. The number of carbonyl (C=O) groups is 3. The number of rotatable bonds is 8. The zero-order valence-corrected chi connectivity index (χ0v) is 30.7. The van der Waals surface area contributed by atoms with Gasteiger partial charge in [-0.3, -0.25) is 14.4 Å². The fraction of sp³-hybridized carbons (Fsp3) is 0.350. The summed E-state index contributed by atoms with van der Waals surface area (Å²) in [4.78, 5) is 55.4. The predicted molar refractivity (Wildman–Crippen MR) is 201 cm³/mol. The summed E-state index contributed by atoms with van der Waals surface area (Å²) in [7, 11) is 0. The van der Waals surface area contributed by atoms with Crippen LogP contribution in [0.3, 0.4) is 0 Å². The second-order valence-corrected chi connectivity index (χ2v) is 14.9. The molecule has 0 radical (unpaired) electrons. The highest BCUT2D eigenvalue weighted by atomic mass is 16.6. The summed E-state index contributed by atoms with van der Waals surface area (Å²) < 4.78 is 12.6. The molecule has 0 atom stereocenters. The average molecular weight is 704 g/mol. The van der Waals surface area contributed by atoms with Crippen LogP contribution >= 0.6 is 0 Å². The molecule has 12 heteroatoms. The normalized spacial score (nSPS) is 13.6. The number of nitrogens with zero attached hydrogens (tertiary/aromatic N) is 5. The molecule has 3 aromatic carbocycles. The molecule has 52 heavy (non-hydrogen) atoms. The summed E-state index contributed by atoms with van der Waals surface area (Å²) in [5.74, 6) is 0.0572. The van der Waals surface area contributed by atoms with Crippen LogP contribution in [-0.2, 0) is 26.2 Å². The van der Waals surface area contributed by atoms with E-state index < -0.39 is 11.6 Å². The third kappa shape index (κ3) is 8.29. The number of aromatic nitrogens is 4. The van der Waals surface area contributed by atoms with Crippen molar-refractivity contribution in [3.8, 4) is 11.4 Å². The minimum absolute atomic E-state index is 0.0252. The minimum Gasteiger partial charge on any atom is -0.459 e. The number of imidazole rings is 1. The number of anilines is 3. The number of ether oxygens (including phenoxy) is 2. The SMILES string of the molecule is Cc1c(NC(=O)c2ccc(C(C)(C)C)cc2)cccc1-c1nc(Nc2ccc(C(=O)N3CCOCC3)cc2)c2ncn(CC(=O)OC(C)(C)C)c2n1. The van der Waals surface area contributed by atoms with Crippen molar-refractivity contribution < 1.29 is 23.9 Å². The van der Waals surface area contributed by atoms with Gasteiger partial charge in [-0.15, -0.1) is 0 Å². The first-order valence-corrected chi connectivity index (χ1v) is 17.4. The van der Waals surface area contributed by atoms with E-state index in [9.17, 15) is 14.4 Å². The van der Waals surface area contributed by atoms with Gasteiger partial charge in [-0.25, -0.2) is 15.0 Å². The molecule has 1 aliphatic rings. The molecule has 2 N–H and O–H groups in total. The molecule has 6 rings (SSSR count). The fourth-order valence-corrected chi connectivity index (χ4v) is 5.89. The second kappa shape index (κ2) is 14.5. The van der Waals surface area contributed by atoms with Gasteiger partial charge < -0.3 is 29.6 Å². The number of benzene rings is 3. The van der Waals surface area contributed by atoms with E-state index in [0.717, 1.165) is 11.1 Å². The quantitative estimate of drug-likeness (QED) is 0.165. The Labute approximate surface area is 303 Å². The summed E-state index contributed by atoms with van der Waals surface area (Å²) in [5, 5.41) is 6.40. The van der Waals surface area contributed by atoms with Crippen LogP contribution in [0.1, 0.15) is 73.4 Å². The second-order valence-electron chi connectivity index (χ2n) is 14.9. The largest absolute Gasteiger partial charge is 0.459 e. The van der Waals surface area contributed by atoms with Crippen molar-refractivity contribution in [2.45, 2.75) is 66.0 Å². The zero-order chi connectivity index (χ0) is 37.2. The molecular weight excluding hydrogens is 658 g/mol. The van der Waals surface area contributed by atoms with Gasteiger partial charge in [0.05, 0.1) is 19.5 Å². The Kier molecular flexibility index (Phi) is 10.1. The van der Waals surface area contributed by atoms with Crippen LogP contribution < -0.4 is 10.6 Å². The van der Waals surface area contributed by atoms with Crippen LogP contribution in [0.15, 0.2) is 73.1 Å². The van der Waals surface area contributed by atoms with Gasteiger partial charge in [-0.1, -0.05) is 45.0 Å². The molecule has 12 nitrogen and oxygen atoms in total. The first-order valence-electron chi connectivity index (χ1n) is 17.4. The Morgan fingerprint density at radius 2 is 1.54 bits per heavy atom. The lowest BCUT2D eigenvalue weighted by atomic mass is 9.86. The van der Waals surface area contributed by atoms with Gasteiger partial charge in [0.2, 0.25) is 0 Å². The zero-order valence-electron chi connectivity index (χ0n) is 30.7. The first-order chi connectivity index (χ1) is 24.7. The van der Waals surface area contributed by atoms with Crippen molar-refractivity contribution in [3.63, 3.8) is 0 Å². The van der Waals surface area contributed by atoms with Crippen molar-refractivity contribution in [2.24, 2.45) is 0 Å². The molecule has 0 unspecified atom stereocenters. The molecule has 0 aliphatic carbocycles. The van der Waals surface area contributed by atoms with Gasteiger partial charge in [0.15, 0.2) is 22.8 Å². The van der Waals surface area contributed by atoms with Gasteiger partial charge in [-0.2, -0.15) is 0 Å². The lowest BCUT2D eigenvalue weighted by molar-refractivity contribution is -0.155. The van der Waals surface area contributed by atoms with E-state index in [4.69, 9.17) is 19.4 Å². The molecule has 1 saturated heterocycles. The van der Waals surface area contributed by atoms with E-state index in [0.29, 0.717) is 77.2 Å². The third-order valence-corrected chi connectivity index (χ3v) is 8.71. The van der Waals surface area contributed by atoms with Gasteiger partial charge in [-0.05, 0) is 86.7 Å². The lowest BCUT2D eigenvalue weighted by Gasteiger charge is -2.26. The molecule has 0 bridgehead atoms. The van der Waals surface area contributed by atoms with Crippen LogP contribution in [-0.4, -0.2) is 74.1 Å². The van der Waals surface area contributed by atoms with E-state index in [1.807, 2.05) is 82.3 Å². The van der Waals surface area contributed by atoms with Crippen LogP contribution in [0.5, 0.6) is 0 Å². The van der Waals surface area contributed by atoms with E-state index in [1.54, 1.807) is 21.6 Å². The maximum atomic E-state index is 13.3. The Balaban J connectivity index is 1.33. The van der Waals surface area contributed by atoms with E-state index >= 15 is 0 Å². The van der Waals surface area contributed by atoms with E-state index in [2.05, 4.69) is 36.4 Å². The van der Waals surface area contributed by atoms with Crippen LogP contribution in [0.4, 0.5) is 17.2 Å². The number of morpholine rings is 1. The molecule has 1 fully saturated rings. The minimum atomic E-state index is -0.660. The summed E-state index contributed by atoms with van der Waals surface area (Å²) in [5.41, 5.74) is 5.18. The van der Waals surface area contributed by atoms with Crippen molar-refractivity contribution >= 4 is 46.1 Å². The molecule has 2 amide bonds. The topological polar surface area (TPSA) is 141 Å². The molecule has 1 aliphatic heterocycles. The van der Waals surface area contributed by atoms with Crippen molar-refractivity contribution in [1.29, 1.82) is 0 Å². The summed E-state index contributed by atoms with van der Waals surface area (Å²) >= 11 is 0. The summed E-state index contributed by atoms with van der Waals surface area (Å²) in [6.07, 6.45) is 1.54. The molecular formula is C40H45N7O5. The first kappa shape index (κ1) is 36.2. The Morgan fingerprint density at radius 1 is 0.865 bits per heavy atom. The summed E-state index contributed by atoms with van der Waals surface area (Å²) in [6.45, 7) is 15.8. The third-order valence-electron chi connectivity index (χ3n) is 8.71. The maximum Gasteiger partial charge on any atom is 0.326 e. The number of fused-ring (bicyclic) bond motifs is 1. The highest BCUT2D eigenvalue weighted by Crippen LogP contribution is 2.32. The molecule has 2 aromatic heterocycles. The van der Waals surface area contributed by atoms with Crippen molar-refractivity contribution in [1.82, 2.24) is 24.4 Å². The van der Waals surface area contributed by atoms with E-state index in [-0.39, 0.29) is 23.8 Å². The van der Waals surface area contributed by atoms with Crippen molar-refractivity contribution in [2.75, 3.05) is 36.9 Å². The molecule has 270 valence electrons.